The summed E-state index contributed by atoms with van der Waals surface area (Å²) in [6.07, 6.45) is 1.27. The van der Waals surface area contributed by atoms with Crippen molar-refractivity contribution in [3.8, 4) is 5.75 Å². The van der Waals surface area contributed by atoms with Gasteiger partial charge in [0.15, 0.2) is 5.82 Å². The molecule has 0 amide bonds. The molecule has 0 spiro atoms. The molecule has 2 heterocycles. The normalized spacial score (nSPS) is 20.6. The predicted molar refractivity (Wildman–Crippen MR) is 98.0 cm³/mol. The molecule has 1 aliphatic heterocycles. The molecule has 0 bridgehead atoms. The number of hydrogen-bond donors (Lipinski definition) is 0. The molecule has 0 radical (unpaired) electrons. The lowest BCUT2D eigenvalue weighted by Gasteiger charge is -2.17. The Kier molecular flexibility index (Phi) is 4.67. The van der Waals surface area contributed by atoms with E-state index in [1.165, 1.54) is 23.9 Å². The lowest BCUT2D eigenvalue weighted by Crippen LogP contribution is -2.29. The maximum absolute atomic E-state index is 13.2. The number of hydrogen-bond acceptors (Lipinski definition) is 6. The van der Waals surface area contributed by atoms with E-state index in [4.69, 9.17) is 9.26 Å². The van der Waals surface area contributed by atoms with Crippen LogP contribution in [-0.2, 0) is 10.0 Å². The molecule has 2 atom stereocenters. The maximum atomic E-state index is 13.2. The molecule has 1 aromatic heterocycles. The van der Waals surface area contributed by atoms with Gasteiger partial charge in [-0.25, -0.2) is 8.42 Å². The first-order valence-electron chi connectivity index (χ1n) is 8.55. The average Bonchev–Trinajstić information content (AvgIpc) is 3.38. The fraction of sp³-hybridized carbons (Fsp3) is 0.263. The molecule has 8 heteroatoms. The molecule has 1 aliphatic rings. The minimum absolute atomic E-state index is 0.0517. The van der Waals surface area contributed by atoms with E-state index >= 15 is 0 Å². The summed E-state index contributed by atoms with van der Waals surface area (Å²) in [5, 5.41) is 3.96. The van der Waals surface area contributed by atoms with Crippen LogP contribution in [0.2, 0.25) is 0 Å². The molecule has 27 heavy (non-hydrogen) atoms. The molecule has 0 unspecified atom stereocenters. The van der Waals surface area contributed by atoms with Crippen LogP contribution in [0, 0.1) is 0 Å². The first-order valence-corrected chi connectivity index (χ1v) is 9.99. The van der Waals surface area contributed by atoms with Crippen LogP contribution in [-0.4, -0.2) is 43.1 Å². The Labute approximate surface area is 157 Å². The van der Waals surface area contributed by atoms with Gasteiger partial charge in [-0.2, -0.15) is 9.29 Å². The molecule has 3 aromatic rings. The second-order valence-corrected chi connectivity index (χ2v) is 8.35. The van der Waals surface area contributed by atoms with Crippen molar-refractivity contribution >= 4 is 10.0 Å². The Morgan fingerprint density at radius 1 is 1.07 bits per heavy atom. The van der Waals surface area contributed by atoms with Gasteiger partial charge in [0.1, 0.15) is 5.75 Å². The lowest BCUT2D eigenvalue weighted by molar-refractivity contribution is 0.401. The standard InChI is InChI=1S/C19H19N3O4S/c1-25-15-8-5-9-16(10-15)27(23,24)22-11-17(14-6-3-2-4-7-14)18(12-22)19-20-13-26-21-19/h2-10,13,17-18H,11-12H2,1H3/t17-,18+/m1/s1. The lowest BCUT2D eigenvalue weighted by atomic mass is 9.88. The molecule has 4 rings (SSSR count). The maximum Gasteiger partial charge on any atom is 0.243 e. The van der Waals surface area contributed by atoms with E-state index in [2.05, 4.69) is 10.1 Å². The van der Waals surface area contributed by atoms with Crippen molar-refractivity contribution in [3.05, 3.63) is 72.4 Å². The van der Waals surface area contributed by atoms with Crippen molar-refractivity contribution in [3.63, 3.8) is 0 Å². The summed E-state index contributed by atoms with van der Waals surface area (Å²) in [5.74, 6) is 0.799. The van der Waals surface area contributed by atoms with Crippen LogP contribution >= 0.6 is 0 Å². The summed E-state index contributed by atoms with van der Waals surface area (Å²) in [6.45, 7) is 0.640. The van der Waals surface area contributed by atoms with Gasteiger partial charge in [-0.1, -0.05) is 41.6 Å². The highest BCUT2D eigenvalue weighted by Gasteiger charge is 2.42. The molecule has 0 aliphatic carbocycles. The van der Waals surface area contributed by atoms with E-state index in [1.807, 2.05) is 30.3 Å². The summed E-state index contributed by atoms with van der Waals surface area (Å²) in [7, 11) is -2.16. The highest BCUT2D eigenvalue weighted by molar-refractivity contribution is 7.89. The summed E-state index contributed by atoms with van der Waals surface area (Å²) >= 11 is 0. The first kappa shape index (κ1) is 17.7. The van der Waals surface area contributed by atoms with Crippen LogP contribution in [0.3, 0.4) is 0 Å². The van der Waals surface area contributed by atoms with Crippen LogP contribution < -0.4 is 4.74 Å². The van der Waals surface area contributed by atoms with Gasteiger partial charge >= 0.3 is 0 Å². The molecule has 7 nitrogen and oxygen atoms in total. The molecule has 0 saturated carbocycles. The predicted octanol–water partition coefficient (Wildman–Crippen LogP) is 2.65. The third kappa shape index (κ3) is 3.33. The number of methoxy groups -OCH3 is 1. The van der Waals surface area contributed by atoms with Gasteiger partial charge in [0.2, 0.25) is 16.4 Å². The van der Waals surface area contributed by atoms with E-state index in [0.717, 1.165) is 5.56 Å². The highest BCUT2D eigenvalue weighted by atomic mass is 32.2. The minimum atomic E-state index is -3.67. The molecule has 0 N–H and O–H groups in total. The average molecular weight is 385 g/mol. The number of sulfonamides is 1. The van der Waals surface area contributed by atoms with E-state index in [0.29, 0.717) is 24.7 Å². The van der Waals surface area contributed by atoms with Crippen LogP contribution in [0.5, 0.6) is 5.75 Å². The van der Waals surface area contributed by atoms with Crippen molar-refractivity contribution < 1.29 is 17.7 Å². The summed E-state index contributed by atoms with van der Waals surface area (Å²) < 4.78 is 38.0. The third-order valence-electron chi connectivity index (χ3n) is 4.90. The van der Waals surface area contributed by atoms with Gasteiger partial charge in [0.05, 0.1) is 12.0 Å². The van der Waals surface area contributed by atoms with Gasteiger partial charge in [0.25, 0.3) is 0 Å². The van der Waals surface area contributed by atoms with Crippen molar-refractivity contribution in [1.29, 1.82) is 0 Å². The fourth-order valence-electron chi connectivity index (χ4n) is 3.52. The van der Waals surface area contributed by atoms with Gasteiger partial charge in [-0.05, 0) is 17.7 Å². The van der Waals surface area contributed by atoms with Crippen molar-refractivity contribution in [2.75, 3.05) is 20.2 Å². The largest absolute Gasteiger partial charge is 0.497 e. The Hall–Kier alpha value is -2.71. The number of rotatable bonds is 5. The van der Waals surface area contributed by atoms with Gasteiger partial charge in [-0.3, -0.25) is 0 Å². The Morgan fingerprint density at radius 3 is 2.56 bits per heavy atom. The smallest absolute Gasteiger partial charge is 0.243 e. The number of nitrogens with zero attached hydrogens (tertiary/aromatic N) is 3. The molecule has 1 saturated heterocycles. The van der Waals surface area contributed by atoms with Gasteiger partial charge in [-0.15, -0.1) is 0 Å². The van der Waals surface area contributed by atoms with E-state index in [1.54, 1.807) is 18.2 Å². The van der Waals surface area contributed by atoms with E-state index in [-0.39, 0.29) is 16.7 Å². The molecule has 2 aromatic carbocycles. The monoisotopic (exact) mass is 385 g/mol. The summed E-state index contributed by atoms with van der Waals surface area (Å²) in [4.78, 5) is 4.38. The molecular weight excluding hydrogens is 366 g/mol. The SMILES string of the molecule is COc1cccc(S(=O)(=O)N2C[C@H](c3ccccc3)[C@@H](c3ncon3)C2)c1. The second-order valence-electron chi connectivity index (χ2n) is 6.41. The van der Waals surface area contributed by atoms with Crippen LogP contribution in [0.4, 0.5) is 0 Å². The Balaban J connectivity index is 1.70. The first-order chi connectivity index (χ1) is 13.1. The molecule has 1 fully saturated rings. The second kappa shape index (κ2) is 7.13. The number of ether oxygens (including phenoxy) is 1. The topological polar surface area (TPSA) is 85.5 Å². The Bertz CT molecular complexity index is 1010. The molecule has 140 valence electrons. The minimum Gasteiger partial charge on any atom is -0.497 e. The van der Waals surface area contributed by atoms with Gasteiger partial charge in [0, 0.05) is 31.0 Å². The zero-order valence-corrected chi connectivity index (χ0v) is 15.5. The van der Waals surface area contributed by atoms with Crippen LogP contribution in [0.1, 0.15) is 23.2 Å². The van der Waals surface area contributed by atoms with Crippen molar-refractivity contribution in [2.45, 2.75) is 16.7 Å². The zero-order valence-electron chi connectivity index (χ0n) is 14.7. The summed E-state index contributed by atoms with van der Waals surface area (Å²) in [6, 6.07) is 16.3. The van der Waals surface area contributed by atoms with E-state index in [9.17, 15) is 8.42 Å². The summed E-state index contributed by atoms with van der Waals surface area (Å²) in [5.41, 5.74) is 1.05. The fourth-order valence-corrected chi connectivity index (χ4v) is 5.04. The van der Waals surface area contributed by atoms with E-state index < -0.39 is 10.0 Å². The van der Waals surface area contributed by atoms with Crippen LogP contribution in [0.25, 0.3) is 0 Å². The van der Waals surface area contributed by atoms with Crippen LogP contribution in [0.15, 0.2) is 70.4 Å². The quantitative estimate of drug-likeness (QED) is 0.671. The third-order valence-corrected chi connectivity index (χ3v) is 6.73. The zero-order chi connectivity index (χ0) is 18.9. The molecular formula is C19H19N3O4S. The number of benzene rings is 2. The van der Waals surface area contributed by atoms with Crippen molar-refractivity contribution in [2.24, 2.45) is 0 Å². The number of aromatic nitrogens is 2. The van der Waals surface area contributed by atoms with Gasteiger partial charge < -0.3 is 9.26 Å². The Morgan fingerprint density at radius 2 is 1.85 bits per heavy atom. The highest BCUT2D eigenvalue weighted by Crippen LogP contribution is 2.40. The van der Waals surface area contributed by atoms with Crippen molar-refractivity contribution in [1.82, 2.24) is 14.4 Å².